The Morgan fingerprint density at radius 1 is 1.39 bits per heavy atom. The van der Waals surface area contributed by atoms with Gasteiger partial charge >= 0.3 is 5.97 Å². The monoisotopic (exact) mass is 318 g/mol. The first-order chi connectivity index (χ1) is 11.0. The van der Waals surface area contributed by atoms with Crippen molar-refractivity contribution in [3.63, 3.8) is 0 Å². The van der Waals surface area contributed by atoms with Crippen LogP contribution in [-0.4, -0.2) is 53.1 Å². The molecule has 1 aliphatic carbocycles. The molecular formula is C17H26N4O2. The van der Waals surface area contributed by atoms with Crippen molar-refractivity contribution in [1.29, 1.82) is 0 Å². The van der Waals surface area contributed by atoms with Gasteiger partial charge in [0.15, 0.2) is 0 Å². The highest BCUT2D eigenvalue weighted by molar-refractivity contribution is 5.75. The molecule has 0 bridgehead atoms. The van der Waals surface area contributed by atoms with E-state index in [0.29, 0.717) is 18.4 Å². The minimum atomic E-state index is -0.617. The molecule has 0 amide bonds. The molecule has 1 aromatic heterocycles. The Bertz CT molecular complexity index is 556. The minimum absolute atomic E-state index is 0.552. The van der Waals surface area contributed by atoms with Gasteiger partial charge in [0, 0.05) is 45.1 Å². The van der Waals surface area contributed by atoms with Gasteiger partial charge in [-0.2, -0.15) is 0 Å². The molecule has 6 heteroatoms. The molecule has 1 saturated heterocycles. The van der Waals surface area contributed by atoms with Crippen molar-refractivity contribution in [3.8, 4) is 0 Å². The first-order valence-corrected chi connectivity index (χ1v) is 8.42. The van der Waals surface area contributed by atoms with Gasteiger partial charge in [-0.1, -0.05) is 12.8 Å². The van der Waals surface area contributed by atoms with E-state index in [-0.39, 0.29) is 0 Å². The average molecular weight is 318 g/mol. The third-order valence-corrected chi connectivity index (χ3v) is 4.98. The van der Waals surface area contributed by atoms with Gasteiger partial charge < -0.3 is 10.0 Å². The van der Waals surface area contributed by atoms with Gasteiger partial charge in [-0.15, -0.1) is 0 Å². The number of carboxylic acids is 1. The number of piperidine rings is 1. The first kappa shape index (κ1) is 16.2. The fourth-order valence-electron chi connectivity index (χ4n) is 3.58. The van der Waals surface area contributed by atoms with Crippen LogP contribution >= 0.6 is 0 Å². The topological polar surface area (TPSA) is 69.6 Å². The number of hydrogen-bond acceptors (Lipinski definition) is 5. The Hall–Kier alpha value is -1.69. The van der Waals surface area contributed by atoms with Crippen LogP contribution in [0.2, 0.25) is 0 Å². The van der Waals surface area contributed by atoms with Crippen LogP contribution in [0.25, 0.3) is 0 Å². The molecule has 1 aliphatic heterocycles. The molecule has 0 spiro atoms. The second kappa shape index (κ2) is 6.43. The van der Waals surface area contributed by atoms with Crippen LogP contribution < -0.4 is 4.90 Å². The van der Waals surface area contributed by atoms with E-state index in [0.717, 1.165) is 37.9 Å². The van der Waals surface area contributed by atoms with Gasteiger partial charge in [0.25, 0.3) is 0 Å². The number of rotatable bonds is 6. The summed E-state index contributed by atoms with van der Waals surface area (Å²) in [6.45, 7) is 2.33. The lowest BCUT2D eigenvalue weighted by atomic mass is 9.75. The lowest BCUT2D eigenvalue weighted by Gasteiger charge is -2.40. The van der Waals surface area contributed by atoms with Crippen molar-refractivity contribution < 1.29 is 9.90 Å². The molecule has 2 heterocycles. The third kappa shape index (κ3) is 3.80. The zero-order chi connectivity index (χ0) is 16.4. The third-order valence-electron chi connectivity index (χ3n) is 4.98. The SMILES string of the molecule is CN(C)c1ncc(CN2CCC[C@](CC3CC3)(C(=O)O)C2)cn1. The van der Waals surface area contributed by atoms with Gasteiger partial charge in [-0.05, 0) is 31.7 Å². The summed E-state index contributed by atoms with van der Waals surface area (Å²) in [4.78, 5) is 24.7. The summed E-state index contributed by atoms with van der Waals surface area (Å²) < 4.78 is 0. The Morgan fingerprint density at radius 2 is 2.09 bits per heavy atom. The molecule has 1 atom stereocenters. The first-order valence-electron chi connectivity index (χ1n) is 8.42. The van der Waals surface area contributed by atoms with Crippen molar-refractivity contribution in [2.45, 2.75) is 38.6 Å². The molecule has 23 heavy (non-hydrogen) atoms. The summed E-state index contributed by atoms with van der Waals surface area (Å²) >= 11 is 0. The average Bonchev–Trinajstić information content (AvgIpc) is 3.32. The molecule has 2 aliphatic rings. The second-order valence-corrected chi connectivity index (χ2v) is 7.33. The zero-order valence-electron chi connectivity index (χ0n) is 14.0. The van der Waals surface area contributed by atoms with Gasteiger partial charge in [-0.25, -0.2) is 9.97 Å². The molecule has 3 rings (SSSR count). The number of anilines is 1. The summed E-state index contributed by atoms with van der Waals surface area (Å²) in [7, 11) is 3.83. The van der Waals surface area contributed by atoms with E-state index in [1.807, 2.05) is 31.4 Å². The Labute approximate surface area is 137 Å². The van der Waals surface area contributed by atoms with Crippen molar-refractivity contribution in [2.24, 2.45) is 11.3 Å². The Kier molecular flexibility index (Phi) is 4.53. The fraction of sp³-hybridized carbons (Fsp3) is 0.706. The largest absolute Gasteiger partial charge is 0.481 e. The number of aromatic nitrogens is 2. The lowest BCUT2D eigenvalue weighted by Crippen LogP contribution is -2.47. The smallest absolute Gasteiger partial charge is 0.310 e. The van der Waals surface area contributed by atoms with Crippen LogP contribution in [0, 0.1) is 11.3 Å². The van der Waals surface area contributed by atoms with Gasteiger partial charge in [0.1, 0.15) is 0 Å². The maximum absolute atomic E-state index is 11.9. The summed E-state index contributed by atoms with van der Waals surface area (Å²) in [6.07, 6.45) is 8.71. The quantitative estimate of drug-likeness (QED) is 0.865. The van der Waals surface area contributed by atoms with Crippen LogP contribution in [0.1, 0.15) is 37.7 Å². The summed E-state index contributed by atoms with van der Waals surface area (Å²) in [5.74, 6) is 0.711. The van der Waals surface area contributed by atoms with Crippen molar-refractivity contribution in [1.82, 2.24) is 14.9 Å². The number of hydrogen-bond donors (Lipinski definition) is 1. The summed E-state index contributed by atoms with van der Waals surface area (Å²) in [5, 5.41) is 9.79. The molecule has 6 nitrogen and oxygen atoms in total. The van der Waals surface area contributed by atoms with Gasteiger partial charge in [-0.3, -0.25) is 9.69 Å². The fourth-order valence-corrected chi connectivity index (χ4v) is 3.58. The highest BCUT2D eigenvalue weighted by atomic mass is 16.4. The summed E-state index contributed by atoms with van der Waals surface area (Å²) in [5.41, 5.74) is 0.493. The van der Waals surface area contributed by atoms with E-state index in [9.17, 15) is 9.90 Å². The highest BCUT2D eigenvalue weighted by Gasteiger charge is 2.45. The van der Waals surface area contributed by atoms with Crippen LogP contribution in [0.5, 0.6) is 0 Å². The van der Waals surface area contributed by atoms with E-state index < -0.39 is 11.4 Å². The van der Waals surface area contributed by atoms with E-state index in [4.69, 9.17) is 0 Å². The number of aliphatic carboxylic acids is 1. The second-order valence-electron chi connectivity index (χ2n) is 7.33. The van der Waals surface area contributed by atoms with E-state index >= 15 is 0 Å². The molecule has 126 valence electrons. The van der Waals surface area contributed by atoms with Crippen LogP contribution in [-0.2, 0) is 11.3 Å². The molecule has 0 radical (unpaired) electrons. The van der Waals surface area contributed by atoms with E-state index in [1.165, 1.54) is 12.8 Å². The number of carbonyl (C=O) groups is 1. The van der Waals surface area contributed by atoms with Crippen LogP contribution in [0.15, 0.2) is 12.4 Å². The standard InChI is InChI=1S/C17H26N4O2/c1-20(2)16-18-9-14(10-19-16)11-21-7-3-6-17(12-21,15(22)23)8-13-4-5-13/h9-10,13H,3-8,11-12H2,1-2H3,(H,22,23)/t17-/m1/s1. The van der Waals surface area contributed by atoms with E-state index in [1.54, 1.807) is 0 Å². The maximum atomic E-state index is 11.9. The van der Waals surface area contributed by atoms with Crippen LogP contribution in [0.4, 0.5) is 5.95 Å². The van der Waals surface area contributed by atoms with Crippen molar-refractivity contribution >= 4 is 11.9 Å². The lowest BCUT2D eigenvalue weighted by molar-refractivity contribution is -0.153. The zero-order valence-corrected chi connectivity index (χ0v) is 14.0. The van der Waals surface area contributed by atoms with E-state index in [2.05, 4.69) is 14.9 Å². The Morgan fingerprint density at radius 3 is 2.65 bits per heavy atom. The molecule has 1 aromatic rings. The molecule has 0 unspecified atom stereocenters. The minimum Gasteiger partial charge on any atom is -0.481 e. The van der Waals surface area contributed by atoms with Gasteiger partial charge in [0.2, 0.25) is 5.95 Å². The number of likely N-dealkylation sites (tertiary alicyclic amines) is 1. The van der Waals surface area contributed by atoms with Gasteiger partial charge in [0.05, 0.1) is 5.41 Å². The van der Waals surface area contributed by atoms with Crippen LogP contribution in [0.3, 0.4) is 0 Å². The normalized spacial score (nSPS) is 25.3. The van der Waals surface area contributed by atoms with Crippen molar-refractivity contribution in [2.75, 3.05) is 32.1 Å². The molecule has 1 N–H and O–H groups in total. The van der Waals surface area contributed by atoms with Crippen molar-refractivity contribution in [3.05, 3.63) is 18.0 Å². The maximum Gasteiger partial charge on any atom is 0.310 e. The molecule has 0 aromatic carbocycles. The predicted octanol–water partition coefficient (Wildman–Crippen LogP) is 2.01. The highest BCUT2D eigenvalue weighted by Crippen LogP contribution is 2.45. The molecular weight excluding hydrogens is 292 g/mol. The number of nitrogens with zero attached hydrogens (tertiary/aromatic N) is 4. The number of carboxylic acid groups (broad SMARTS) is 1. The predicted molar refractivity (Wildman–Crippen MR) is 88.3 cm³/mol. The molecule has 2 fully saturated rings. The Balaban J connectivity index is 1.66. The molecule has 1 saturated carbocycles. The summed E-state index contributed by atoms with van der Waals surface area (Å²) in [6, 6.07) is 0.